The van der Waals surface area contributed by atoms with Gasteiger partial charge in [0, 0.05) is 31.8 Å². The van der Waals surface area contributed by atoms with Crippen LogP contribution < -0.4 is 9.47 Å². The van der Waals surface area contributed by atoms with Crippen LogP contribution in [0.4, 0.5) is 8.78 Å². The molecule has 2 aromatic heterocycles. The maximum atomic E-state index is 15.1. The summed E-state index contributed by atoms with van der Waals surface area (Å²) in [5, 5.41) is 17.9. The fourth-order valence-electron chi connectivity index (χ4n) is 5.47. The molecule has 2 fully saturated rings. The molecule has 2 aromatic carbocycles. The third kappa shape index (κ3) is 7.28. The number of nitriles is 1. The van der Waals surface area contributed by atoms with Crippen molar-refractivity contribution in [1.29, 1.82) is 5.26 Å². The van der Waals surface area contributed by atoms with Crippen molar-refractivity contribution in [3.8, 4) is 17.7 Å². The molecule has 0 saturated carbocycles. The standard InChI is InChI=1S/C33H31F2N5O5/c34-26-15-22(17-36)4-6-29(26)44-20-23-2-1-3-31(37-23)45-24-8-11-39(12-9-24)19-30-38-33-27(35)14-21(5-7-32(41)42)16-28(33)40(30)18-25-10-13-43-25/h1-7,14-16,24-25H,8-13,18-20H2,(H,41,42)/b7-5+/t25-/m0/s1. The highest BCUT2D eigenvalue weighted by Crippen LogP contribution is 2.27. The minimum Gasteiger partial charge on any atom is -0.484 e. The summed E-state index contributed by atoms with van der Waals surface area (Å²) in [4.78, 5) is 22.4. The van der Waals surface area contributed by atoms with Gasteiger partial charge < -0.3 is 23.9 Å². The Bertz CT molecular complexity index is 1770. The van der Waals surface area contributed by atoms with Crippen LogP contribution in [0.15, 0.2) is 54.6 Å². The van der Waals surface area contributed by atoms with E-state index < -0.39 is 17.6 Å². The fraction of sp³-hybridized carbons (Fsp3) is 0.333. The molecule has 4 heterocycles. The molecule has 10 nitrogen and oxygen atoms in total. The van der Waals surface area contributed by atoms with E-state index in [4.69, 9.17) is 24.6 Å². The zero-order chi connectivity index (χ0) is 31.3. The maximum absolute atomic E-state index is 15.1. The van der Waals surface area contributed by atoms with E-state index in [9.17, 15) is 9.18 Å². The second-order valence-corrected chi connectivity index (χ2v) is 11.1. The van der Waals surface area contributed by atoms with Crippen LogP contribution in [0, 0.1) is 23.0 Å². The summed E-state index contributed by atoms with van der Waals surface area (Å²) in [6.45, 7) is 3.28. The molecule has 0 unspecified atom stereocenters. The number of carbonyl (C=O) groups is 1. The van der Waals surface area contributed by atoms with E-state index >= 15 is 4.39 Å². The fourth-order valence-corrected chi connectivity index (χ4v) is 5.47. The first-order valence-electron chi connectivity index (χ1n) is 14.7. The van der Waals surface area contributed by atoms with Crippen LogP contribution in [0.1, 0.15) is 41.9 Å². The molecular formula is C33H31F2N5O5. The first-order chi connectivity index (χ1) is 21.8. The highest BCUT2D eigenvalue weighted by molar-refractivity contribution is 5.87. The van der Waals surface area contributed by atoms with Crippen LogP contribution in [0.2, 0.25) is 0 Å². The topological polar surface area (TPSA) is 123 Å². The van der Waals surface area contributed by atoms with E-state index in [1.54, 1.807) is 18.2 Å². The van der Waals surface area contributed by atoms with Crippen LogP contribution in [0.5, 0.6) is 11.6 Å². The molecule has 2 saturated heterocycles. The zero-order valence-corrected chi connectivity index (χ0v) is 24.4. The minimum absolute atomic E-state index is 0.0263. The van der Waals surface area contributed by atoms with Gasteiger partial charge in [-0.25, -0.2) is 23.5 Å². The molecule has 232 valence electrons. The van der Waals surface area contributed by atoms with Crippen LogP contribution in [0.3, 0.4) is 0 Å². The van der Waals surface area contributed by atoms with Crippen molar-refractivity contribution < 1.29 is 32.9 Å². The van der Waals surface area contributed by atoms with Gasteiger partial charge in [-0.2, -0.15) is 5.26 Å². The molecule has 1 N–H and O–H groups in total. The summed E-state index contributed by atoms with van der Waals surface area (Å²) >= 11 is 0. The number of rotatable bonds is 11. The molecule has 12 heteroatoms. The second-order valence-electron chi connectivity index (χ2n) is 11.1. The normalized spacial score (nSPS) is 17.3. The number of imidazole rings is 1. The molecule has 2 aliphatic heterocycles. The number of benzene rings is 2. The third-order valence-corrected chi connectivity index (χ3v) is 7.91. The lowest BCUT2D eigenvalue weighted by molar-refractivity contribution is -0.131. The lowest BCUT2D eigenvalue weighted by atomic mass is 10.1. The Balaban J connectivity index is 1.08. The minimum atomic E-state index is -1.10. The van der Waals surface area contributed by atoms with Gasteiger partial charge >= 0.3 is 5.97 Å². The lowest BCUT2D eigenvalue weighted by Gasteiger charge is -2.32. The number of likely N-dealkylation sites (tertiary alicyclic amines) is 1. The summed E-state index contributed by atoms with van der Waals surface area (Å²) in [5.74, 6) is -0.980. The number of ether oxygens (including phenoxy) is 3. The summed E-state index contributed by atoms with van der Waals surface area (Å²) < 4.78 is 48.6. The predicted molar refractivity (Wildman–Crippen MR) is 159 cm³/mol. The van der Waals surface area contributed by atoms with Crippen LogP contribution >= 0.6 is 0 Å². The zero-order valence-electron chi connectivity index (χ0n) is 24.4. The van der Waals surface area contributed by atoms with Crippen molar-refractivity contribution >= 4 is 23.1 Å². The SMILES string of the molecule is N#Cc1ccc(OCc2cccc(OC3CCN(Cc4nc5c(F)cc(/C=C/C(=O)O)cc5n4C[C@@H]4CCO4)CC3)n2)c(F)c1. The number of aliphatic carboxylic acids is 1. The first kappa shape index (κ1) is 30.2. The van der Waals surface area contributed by atoms with Crippen molar-refractivity contribution in [2.24, 2.45) is 0 Å². The Morgan fingerprint density at radius 1 is 1.11 bits per heavy atom. The van der Waals surface area contributed by atoms with Gasteiger partial charge in [-0.15, -0.1) is 0 Å². The van der Waals surface area contributed by atoms with E-state index in [0.29, 0.717) is 42.4 Å². The van der Waals surface area contributed by atoms with Gasteiger partial charge in [0.05, 0.1) is 42.0 Å². The number of nitrogens with zero attached hydrogens (tertiary/aromatic N) is 5. The molecule has 0 bridgehead atoms. The van der Waals surface area contributed by atoms with Gasteiger partial charge in [-0.05, 0) is 67.3 Å². The Labute approximate surface area is 258 Å². The Morgan fingerprint density at radius 3 is 2.64 bits per heavy atom. The summed E-state index contributed by atoms with van der Waals surface area (Å²) in [5.41, 5.74) is 2.12. The molecular weight excluding hydrogens is 584 g/mol. The van der Waals surface area contributed by atoms with Gasteiger partial charge in [0.25, 0.3) is 0 Å². The molecule has 0 aliphatic carbocycles. The number of piperidine rings is 1. The summed E-state index contributed by atoms with van der Waals surface area (Å²) in [6.07, 6.45) is 4.76. The van der Waals surface area contributed by atoms with Crippen LogP contribution in [0.25, 0.3) is 17.1 Å². The number of carboxylic acids is 1. The van der Waals surface area contributed by atoms with Gasteiger partial charge in [0.15, 0.2) is 17.4 Å². The van der Waals surface area contributed by atoms with Crippen LogP contribution in [-0.4, -0.2) is 62.4 Å². The van der Waals surface area contributed by atoms with E-state index in [-0.39, 0.29) is 35.6 Å². The largest absolute Gasteiger partial charge is 0.484 e. The number of pyridine rings is 1. The van der Waals surface area contributed by atoms with Crippen molar-refractivity contribution in [1.82, 2.24) is 19.4 Å². The smallest absolute Gasteiger partial charge is 0.328 e. The van der Waals surface area contributed by atoms with Gasteiger partial charge in [-0.3, -0.25) is 4.90 Å². The Kier molecular flexibility index (Phi) is 9.00. The van der Waals surface area contributed by atoms with Crippen molar-refractivity contribution in [3.63, 3.8) is 0 Å². The van der Waals surface area contributed by atoms with Crippen molar-refractivity contribution in [2.45, 2.75) is 51.2 Å². The highest BCUT2D eigenvalue weighted by Gasteiger charge is 2.26. The van der Waals surface area contributed by atoms with E-state index in [1.165, 1.54) is 24.3 Å². The van der Waals surface area contributed by atoms with E-state index in [1.807, 2.05) is 16.7 Å². The average Bonchev–Trinajstić information content (AvgIpc) is 3.35. The van der Waals surface area contributed by atoms with Gasteiger partial charge in [0.1, 0.15) is 24.1 Å². The molecule has 0 radical (unpaired) electrons. The molecule has 6 rings (SSSR count). The average molecular weight is 616 g/mol. The molecule has 45 heavy (non-hydrogen) atoms. The van der Waals surface area contributed by atoms with Crippen LogP contribution in [-0.2, 0) is 29.2 Å². The van der Waals surface area contributed by atoms with Gasteiger partial charge in [-0.1, -0.05) is 6.07 Å². The number of hydrogen-bond acceptors (Lipinski definition) is 8. The van der Waals surface area contributed by atoms with Crippen molar-refractivity contribution in [2.75, 3.05) is 19.7 Å². The predicted octanol–water partition coefficient (Wildman–Crippen LogP) is 5.09. The third-order valence-electron chi connectivity index (χ3n) is 7.91. The van der Waals surface area contributed by atoms with E-state index in [0.717, 1.165) is 50.3 Å². The number of carboxylic acid groups (broad SMARTS) is 1. The number of hydrogen-bond donors (Lipinski definition) is 1. The quantitative estimate of drug-likeness (QED) is 0.230. The monoisotopic (exact) mass is 615 g/mol. The molecule has 0 spiro atoms. The maximum Gasteiger partial charge on any atom is 0.328 e. The first-order valence-corrected chi connectivity index (χ1v) is 14.7. The lowest BCUT2D eigenvalue weighted by Crippen LogP contribution is -2.39. The summed E-state index contributed by atoms with van der Waals surface area (Å²) in [7, 11) is 0. The molecule has 2 aliphatic rings. The second kappa shape index (κ2) is 13.4. The Hall–Kier alpha value is -4.86. The molecule has 0 amide bonds. The summed E-state index contributed by atoms with van der Waals surface area (Å²) in [6, 6.07) is 14.4. The number of fused-ring (bicyclic) bond motifs is 1. The Morgan fingerprint density at radius 2 is 1.93 bits per heavy atom. The molecule has 1 atom stereocenters. The van der Waals surface area contributed by atoms with E-state index in [2.05, 4.69) is 14.9 Å². The highest BCUT2D eigenvalue weighted by atomic mass is 19.1. The number of aromatic nitrogens is 3. The van der Waals surface area contributed by atoms with Crippen molar-refractivity contribution in [3.05, 3.63) is 88.9 Å². The van der Waals surface area contributed by atoms with Gasteiger partial charge in [0.2, 0.25) is 5.88 Å². The number of halogens is 2. The molecule has 4 aromatic rings.